The number of hydrogen-bond acceptors (Lipinski definition) is 2. The summed E-state index contributed by atoms with van der Waals surface area (Å²) >= 11 is 5.79. The van der Waals surface area contributed by atoms with Crippen molar-refractivity contribution in [3.63, 3.8) is 0 Å². The number of benzene rings is 2. The third kappa shape index (κ3) is 2.64. The van der Waals surface area contributed by atoms with Gasteiger partial charge in [0.2, 0.25) is 0 Å². The summed E-state index contributed by atoms with van der Waals surface area (Å²) in [5, 5.41) is 3.98. The molecule has 2 nitrogen and oxygen atoms in total. The lowest BCUT2D eigenvalue weighted by atomic mass is 10.2. The van der Waals surface area contributed by atoms with Crippen LogP contribution in [0.25, 0.3) is 0 Å². The number of hydrogen-bond donors (Lipinski definition) is 2. The Morgan fingerprint density at radius 2 is 1.27 bits per heavy atom. The second-order valence-electron chi connectivity index (χ2n) is 3.25. The summed E-state index contributed by atoms with van der Waals surface area (Å²) in [5.74, 6) is 0. The molecule has 0 saturated carbocycles. The maximum Gasteiger partial charge on any atom is 0.0407 e. The highest BCUT2D eigenvalue weighted by Gasteiger charge is 1.94. The van der Waals surface area contributed by atoms with E-state index in [1.807, 2.05) is 48.5 Å². The van der Waals surface area contributed by atoms with Crippen LogP contribution in [0.2, 0.25) is 5.02 Å². The summed E-state index contributed by atoms with van der Waals surface area (Å²) < 4.78 is 0. The van der Waals surface area contributed by atoms with Gasteiger partial charge in [0.05, 0.1) is 0 Å². The Morgan fingerprint density at radius 3 is 1.80 bits per heavy atom. The SMILES string of the molecule is Nc1ccc(Nc2ccc(Cl)cc2)cc1. The number of halogens is 1. The highest BCUT2D eigenvalue weighted by atomic mass is 35.5. The average Bonchev–Trinajstić information content (AvgIpc) is 2.25. The number of nitrogens with two attached hydrogens (primary N) is 1. The van der Waals surface area contributed by atoms with Crippen LogP contribution in [0.5, 0.6) is 0 Å². The first kappa shape index (κ1) is 9.87. The molecule has 3 heteroatoms. The third-order valence-corrected chi connectivity index (χ3v) is 2.30. The zero-order valence-corrected chi connectivity index (χ0v) is 8.83. The molecule has 0 amide bonds. The van der Waals surface area contributed by atoms with Gasteiger partial charge in [-0.05, 0) is 48.5 Å². The number of rotatable bonds is 2. The zero-order valence-electron chi connectivity index (χ0n) is 8.07. The fourth-order valence-electron chi connectivity index (χ4n) is 1.27. The Hall–Kier alpha value is -1.67. The van der Waals surface area contributed by atoms with E-state index in [-0.39, 0.29) is 0 Å². The molecule has 15 heavy (non-hydrogen) atoms. The molecule has 0 saturated heterocycles. The van der Waals surface area contributed by atoms with Crippen LogP contribution in [-0.4, -0.2) is 0 Å². The van der Waals surface area contributed by atoms with Gasteiger partial charge in [-0.25, -0.2) is 0 Å². The van der Waals surface area contributed by atoms with Gasteiger partial charge < -0.3 is 11.1 Å². The van der Waals surface area contributed by atoms with Crippen molar-refractivity contribution < 1.29 is 0 Å². The maximum absolute atomic E-state index is 5.79. The molecule has 0 atom stereocenters. The van der Waals surface area contributed by atoms with Gasteiger partial charge in [-0.15, -0.1) is 0 Å². The molecule has 3 N–H and O–H groups in total. The minimum Gasteiger partial charge on any atom is -0.399 e. The highest BCUT2D eigenvalue weighted by molar-refractivity contribution is 6.30. The fourth-order valence-corrected chi connectivity index (χ4v) is 1.39. The van der Waals surface area contributed by atoms with Gasteiger partial charge in [0.1, 0.15) is 0 Å². The molecule has 0 aromatic heterocycles. The van der Waals surface area contributed by atoms with Crippen molar-refractivity contribution in [1.82, 2.24) is 0 Å². The minimum absolute atomic E-state index is 0.734. The predicted octanol–water partition coefficient (Wildman–Crippen LogP) is 3.67. The molecule has 0 heterocycles. The van der Waals surface area contributed by atoms with E-state index in [2.05, 4.69) is 5.32 Å². The van der Waals surface area contributed by atoms with Crippen molar-refractivity contribution in [2.75, 3.05) is 11.1 Å². The zero-order chi connectivity index (χ0) is 10.7. The quantitative estimate of drug-likeness (QED) is 0.755. The van der Waals surface area contributed by atoms with Crippen LogP contribution in [0.15, 0.2) is 48.5 Å². The Bertz CT molecular complexity index is 391. The molecular formula is C12H11ClN2. The second kappa shape index (κ2) is 4.24. The predicted molar refractivity (Wildman–Crippen MR) is 65.6 cm³/mol. The summed E-state index contributed by atoms with van der Waals surface area (Å²) in [4.78, 5) is 0. The van der Waals surface area contributed by atoms with Crippen LogP contribution in [0, 0.1) is 0 Å². The van der Waals surface area contributed by atoms with E-state index in [0.717, 1.165) is 22.1 Å². The van der Waals surface area contributed by atoms with Gasteiger partial charge >= 0.3 is 0 Å². The van der Waals surface area contributed by atoms with E-state index in [0.29, 0.717) is 0 Å². The Morgan fingerprint density at radius 1 is 0.800 bits per heavy atom. The average molecular weight is 219 g/mol. The first-order valence-electron chi connectivity index (χ1n) is 4.62. The molecule has 2 rings (SSSR count). The van der Waals surface area contributed by atoms with Crippen LogP contribution < -0.4 is 11.1 Å². The topological polar surface area (TPSA) is 38.0 Å². The minimum atomic E-state index is 0.734. The number of nitrogens with one attached hydrogen (secondary N) is 1. The Kier molecular flexibility index (Phi) is 2.79. The van der Waals surface area contributed by atoms with Gasteiger partial charge in [-0.3, -0.25) is 0 Å². The standard InChI is InChI=1S/C12H11ClN2/c13-9-1-5-11(6-2-9)15-12-7-3-10(14)4-8-12/h1-8,15H,14H2. The number of nitrogen functional groups attached to an aromatic ring is 1. The van der Waals surface area contributed by atoms with Gasteiger partial charge in [-0.2, -0.15) is 0 Å². The molecule has 0 fully saturated rings. The van der Waals surface area contributed by atoms with Crippen molar-refractivity contribution >= 4 is 28.7 Å². The van der Waals surface area contributed by atoms with Gasteiger partial charge in [-0.1, -0.05) is 11.6 Å². The summed E-state index contributed by atoms with van der Waals surface area (Å²) in [6, 6.07) is 15.1. The first-order valence-corrected chi connectivity index (χ1v) is 5.00. The number of anilines is 3. The van der Waals surface area contributed by atoms with Crippen molar-refractivity contribution in [2.45, 2.75) is 0 Å². The van der Waals surface area contributed by atoms with Crippen LogP contribution in [-0.2, 0) is 0 Å². The fraction of sp³-hybridized carbons (Fsp3) is 0. The van der Waals surface area contributed by atoms with Crippen molar-refractivity contribution in [2.24, 2.45) is 0 Å². The molecular weight excluding hydrogens is 208 g/mol. The lowest BCUT2D eigenvalue weighted by Gasteiger charge is -2.06. The molecule has 2 aromatic rings. The van der Waals surface area contributed by atoms with Crippen molar-refractivity contribution in [3.8, 4) is 0 Å². The summed E-state index contributed by atoms with van der Waals surface area (Å²) in [7, 11) is 0. The van der Waals surface area contributed by atoms with Crippen molar-refractivity contribution in [1.29, 1.82) is 0 Å². The molecule has 0 aliphatic heterocycles. The van der Waals surface area contributed by atoms with E-state index >= 15 is 0 Å². The smallest absolute Gasteiger partial charge is 0.0407 e. The van der Waals surface area contributed by atoms with E-state index in [1.54, 1.807) is 0 Å². The highest BCUT2D eigenvalue weighted by Crippen LogP contribution is 2.19. The van der Waals surface area contributed by atoms with Gasteiger partial charge in [0.25, 0.3) is 0 Å². The summed E-state index contributed by atoms with van der Waals surface area (Å²) in [5.41, 5.74) is 8.37. The molecule has 0 unspecified atom stereocenters. The largest absolute Gasteiger partial charge is 0.399 e. The normalized spacial score (nSPS) is 9.93. The van der Waals surface area contributed by atoms with Crippen LogP contribution >= 0.6 is 11.6 Å². The monoisotopic (exact) mass is 218 g/mol. The van der Waals surface area contributed by atoms with E-state index in [4.69, 9.17) is 17.3 Å². The molecule has 0 aliphatic rings. The first-order chi connectivity index (χ1) is 7.24. The summed E-state index contributed by atoms with van der Waals surface area (Å²) in [6.45, 7) is 0. The lowest BCUT2D eigenvalue weighted by Crippen LogP contribution is -1.90. The van der Waals surface area contributed by atoms with Gasteiger partial charge in [0.15, 0.2) is 0 Å². The second-order valence-corrected chi connectivity index (χ2v) is 3.69. The summed E-state index contributed by atoms with van der Waals surface area (Å²) in [6.07, 6.45) is 0. The van der Waals surface area contributed by atoms with Crippen LogP contribution in [0.1, 0.15) is 0 Å². The van der Waals surface area contributed by atoms with Gasteiger partial charge in [0, 0.05) is 22.1 Å². The molecule has 0 radical (unpaired) electrons. The van der Waals surface area contributed by atoms with Crippen molar-refractivity contribution in [3.05, 3.63) is 53.6 Å². The van der Waals surface area contributed by atoms with E-state index < -0.39 is 0 Å². The maximum atomic E-state index is 5.79. The Balaban J connectivity index is 2.15. The molecule has 0 spiro atoms. The molecule has 2 aromatic carbocycles. The molecule has 0 bridgehead atoms. The lowest BCUT2D eigenvalue weighted by molar-refractivity contribution is 1.55. The van der Waals surface area contributed by atoms with E-state index in [9.17, 15) is 0 Å². The Labute approximate surface area is 93.7 Å². The third-order valence-electron chi connectivity index (χ3n) is 2.04. The van der Waals surface area contributed by atoms with E-state index in [1.165, 1.54) is 0 Å². The molecule has 76 valence electrons. The molecule has 0 aliphatic carbocycles. The van der Waals surface area contributed by atoms with Crippen LogP contribution in [0.4, 0.5) is 17.1 Å². The van der Waals surface area contributed by atoms with Crippen LogP contribution in [0.3, 0.4) is 0 Å².